The van der Waals surface area contributed by atoms with Crippen LogP contribution in [0.5, 0.6) is 0 Å². The Morgan fingerprint density at radius 1 is 1.25 bits per heavy atom. The van der Waals surface area contributed by atoms with E-state index in [9.17, 15) is 0 Å². The monoisotopic (exact) mass is 272 g/mol. The number of anilines is 1. The molecular weight excluding hydrogens is 260 g/mol. The van der Waals surface area contributed by atoms with Crippen molar-refractivity contribution in [1.29, 1.82) is 0 Å². The Morgan fingerprint density at radius 2 is 2.00 bits per heavy atom. The SMILES string of the molecule is Cc1cc(N)ncc1-c1cnc2n[nH]nc2c1.O=CO. The van der Waals surface area contributed by atoms with Gasteiger partial charge in [-0.15, -0.1) is 5.10 Å². The van der Waals surface area contributed by atoms with E-state index in [2.05, 4.69) is 25.4 Å². The summed E-state index contributed by atoms with van der Waals surface area (Å²) in [6.07, 6.45) is 3.50. The fraction of sp³-hybridized carbons (Fsp3) is 0.0833. The third-order valence-electron chi connectivity index (χ3n) is 2.62. The first kappa shape index (κ1) is 13.4. The van der Waals surface area contributed by atoms with Crippen LogP contribution in [0, 0.1) is 6.92 Å². The number of pyridine rings is 2. The van der Waals surface area contributed by atoms with Crippen LogP contribution < -0.4 is 5.73 Å². The van der Waals surface area contributed by atoms with Crippen molar-refractivity contribution in [2.45, 2.75) is 6.92 Å². The van der Waals surface area contributed by atoms with Crippen LogP contribution in [0.25, 0.3) is 22.3 Å². The minimum atomic E-state index is -0.250. The lowest BCUT2D eigenvalue weighted by Crippen LogP contribution is -1.93. The van der Waals surface area contributed by atoms with E-state index in [-0.39, 0.29) is 6.47 Å². The summed E-state index contributed by atoms with van der Waals surface area (Å²) >= 11 is 0. The zero-order chi connectivity index (χ0) is 14.5. The summed E-state index contributed by atoms with van der Waals surface area (Å²) in [5, 5.41) is 17.3. The van der Waals surface area contributed by atoms with Gasteiger partial charge in [-0.25, -0.2) is 9.97 Å². The molecule has 3 aromatic heterocycles. The van der Waals surface area contributed by atoms with Gasteiger partial charge >= 0.3 is 0 Å². The molecule has 0 aliphatic heterocycles. The molecule has 0 aliphatic carbocycles. The molecule has 20 heavy (non-hydrogen) atoms. The number of carboxylic acid groups (broad SMARTS) is 1. The molecule has 0 unspecified atom stereocenters. The number of hydrogen-bond donors (Lipinski definition) is 3. The number of nitrogen functional groups attached to an aromatic ring is 1. The fourth-order valence-corrected chi connectivity index (χ4v) is 1.77. The molecule has 0 aromatic carbocycles. The minimum Gasteiger partial charge on any atom is -0.483 e. The maximum atomic E-state index is 8.36. The first-order chi connectivity index (χ1) is 9.65. The Hall–Kier alpha value is -3.03. The second-order valence-electron chi connectivity index (χ2n) is 3.92. The summed E-state index contributed by atoms with van der Waals surface area (Å²) in [6.45, 7) is 1.74. The van der Waals surface area contributed by atoms with Crippen molar-refractivity contribution in [1.82, 2.24) is 25.4 Å². The van der Waals surface area contributed by atoms with Crippen molar-refractivity contribution in [3.8, 4) is 11.1 Å². The number of aryl methyl sites for hydroxylation is 1. The number of fused-ring (bicyclic) bond motifs is 1. The fourth-order valence-electron chi connectivity index (χ4n) is 1.77. The van der Waals surface area contributed by atoms with Crippen LogP contribution in [0.2, 0.25) is 0 Å². The van der Waals surface area contributed by atoms with Crippen LogP contribution in [0.1, 0.15) is 5.56 Å². The van der Waals surface area contributed by atoms with Crippen molar-refractivity contribution in [2.75, 3.05) is 5.73 Å². The standard InChI is InChI=1S/C11H10N6.CH2O2/c1-6-2-10(12)13-5-8(6)7-3-9-11(14-4-7)16-17-15-9;2-1-3/h2-5H,1H3,(H2,12,13)(H,14,15,16,17);1H,(H,2,3). The number of nitrogens with one attached hydrogen (secondary N) is 1. The number of H-pyrrole nitrogens is 1. The van der Waals surface area contributed by atoms with Crippen molar-refractivity contribution < 1.29 is 9.90 Å². The summed E-state index contributed by atoms with van der Waals surface area (Å²) in [4.78, 5) is 16.7. The molecule has 0 spiro atoms. The Balaban J connectivity index is 0.000000452. The van der Waals surface area contributed by atoms with E-state index < -0.39 is 0 Å². The van der Waals surface area contributed by atoms with Crippen molar-refractivity contribution in [3.05, 3.63) is 30.1 Å². The van der Waals surface area contributed by atoms with Crippen LogP contribution in [-0.2, 0) is 4.79 Å². The lowest BCUT2D eigenvalue weighted by Gasteiger charge is -2.05. The summed E-state index contributed by atoms with van der Waals surface area (Å²) < 4.78 is 0. The van der Waals surface area contributed by atoms with Gasteiger partial charge in [-0.3, -0.25) is 4.79 Å². The van der Waals surface area contributed by atoms with Crippen LogP contribution in [-0.4, -0.2) is 37.0 Å². The van der Waals surface area contributed by atoms with Crippen LogP contribution >= 0.6 is 0 Å². The molecule has 0 fully saturated rings. The smallest absolute Gasteiger partial charge is 0.290 e. The number of carbonyl (C=O) groups is 1. The summed E-state index contributed by atoms with van der Waals surface area (Å²) in [5.41, 5.74) is 9.98. The zero-order valence-electron chi connectivity index (χ0n) is 10.6. The van der Waals surface area contributed by atoms with E-state index >= 15 is 0 Å². The van der Waals surface area contributed by atoms with Gasteiger partial charge in [0.15, 0.2) is 0 Å². The zero-order valence-corrected chi connectivity index (χ0v) is 10.6. The molecule has 0 atom stereocenters. The first-order valence-corrected chi connectivity index (χ1v) is 5.62. The topological polar surface area (TPSA) is 131 Å². The van der Waals surface area contributed by atoms with E-state index in [0.29, 0.717) is 11.5 Å². The predicted molar refractivity (Wildman–Crippen MR) is 72.8 cm³/mol. The van der Waals surface area contributed by atoms with Gasteiger partial charge in [0.2, 0.25) is 5.65 Å². The number of hydrogen-bond acceptors (Lipinski definition) is 6. The highest BCUT2D eigenvalue weighted by Gasteiger charge is 2.06. The summed E-state index contributed by atoms with van der Waals surface area (Å²) in [6, 6.07) is 3.76. The van der Waals surface area contributed by atoms with E-state index in [0.717, 1.165) is 22.2 Å². The van der Waals surface area contributed by atoms with E-state index in [1.165, 1.54) is 0 Å². The third kappa shape index (κ3) is 2.69. The molecule has 0 saturated heterocycles. The van der Waals surface area contributed by atoms with Gasteiger partial charge in [0.1, 0.15) is 11.3 Å². The molecule has 102 valence electrons. The summed E-state index contributed by atoms with van der Waals surface area (Å²) in [5.74, 6) is 0.515. The third-order valence-corrected chi connectivity index (χ3v) is 2.62. The van der Waals surface area contributed by atoms with Gasteiger partial charge in [0.05, 0.1) is 0 Å². The molecule has 8 heteroatoms. The maximum absolute atomic E-state index is 8.36. The molecule has 0 amide bonds. The van der Waals surface area contributed by atoms with Crippen molar-refractivity contribution in [3.63, 3.8) is 0 Å². The lowest BCUT2D eigenvalue weighted by molar-refractivity contribution is -0.122. The Labute approximate surface area is 113 Å². The van der Waals surface area contributed by atoms with E-state index in [1.54, 1.807) is 12.4 Å². The Bertz CT molecular complexity index is 740. The van der Waals surface area contributed by atoms with Crippen molar-refractivity contribution in [2.24, 2.45) is 0 Å². The average molecular weight is 272 g/mol. The molecule has 4 N–H and O–H groups in total. The quantitative estimate of drug-likeness (QED) is 0.563. The molecule has 0 radical (unpaired) electrons. The highest BCUT2D eigenvalue weighted by atomic mass is 16.3. The largest absolute Gasteiger partial charge is 0.483 e. The van der Waals surface area contributed by atoms with Crippen LogP contribution in [0.15, 0.2) is 24.5 Å². The Kier molecular flexibility index (Phi) is 3.85. The van der Waals surface area contributed by atoms with Crippen LogP contribution in [0.3, 0.4) is 0 Å². The molecule has 0 aliphatic rings. The summed E-state index contributed by atoms with van der Waals surface area (Å²) in [7, 11) is 0. The molecule has 0 bridgehead atoms. The van der Waals surface area contributed by atoms with Crippen molar-refractivity contribution >= 4 is 23.5 Å². The highest BCUT2D eigenvalue weighted by Crippen LogP contribution is 2.24. The van der Waals surface area contributed by atoms with E-state index in [4.69, 9.17) is 15.6 Å². The van der Waals surface area contributed by atoms with Crippen LogP contribution in [0.4, 0.5) is 5.82 Å². The lowest BCUT2D eigenvalue weighted by atomic mass is 10.0. The van der Waals surface area contributed by atoms with Gasteiger partial charge in [0, 0.05) is 23.5 Å². The van der Waals surface area contributed by atoms with Gasteiger partial charge in [-0.2, -0.15) is 10.3 Å². The molecular formula is C12H12N6O2. The molecule has 8 nitrogen and oxygen atoms in total. The normalized spacial score (nSPS) is 9.85. The number of nitrogens with two attached hydrogens (primary N) is 1. The maximum Gasteiger partial charge on any atom is 0.290 e. The molecule has 0 saturated carbocycles. The first-order valence-electron chi connectivity index (χ1n) is 5.62. The Morgan fingerprint density at radius 3 is 2.70 bits per heavy atom. The number of aromatic amines is 1. The minimum absolute atomic E-state index is 0.250. The molecule has 3 aromatic rings. The molecule has 3 heterocycles. The van der Waals surface area contributed by atoms with E-state index in [1.807, 2.05) is 19.1 Å². The average Bonchev–Trinajstić information content (AvgIpc) is 2.86. The predicted octanol–water partition coefficient (Wildman–Crippen LogP) is 1.01. The number of rotatable bonds is 1. The number of aromatic nitrogens is 5. The highest BCUT2D eigenvalue weighted by molar-refractivity contribution is 5.78. The second kappa shape index (κ2) is 5.74. The van der Waals surface area contributed by atoms with Gasteiger partial charge in [0.25, 0.3) is 6.47 Å². The van der Waals surface area contributed by atoms with Gasteiger partial charge in [-0.1, -0.05) is 0 Å². The molecule has 3 rings (SSSR count). The second-order valence-corrected chi connectivity index (χ2v) is 3.92. The van der Waals surface area contributed by atoms with Gasteiger partial charge < -0.3 is 10.8 Å². The van der Waals surface area contributed by atoms with Gasteiger partial charge in [-0.05, 0) is 24.6 Å². The number of nitrogens with zero attached hydrogens (tertiary/aromatic N) is 4.